The molecule has 0 saturated carbocycles. The molecule has 0 bridgehead atoms. The monoisotopic (exact) mass is 950 g/mol. The second-order valence-electron chi connectivity index (χ2n) is 13.4. The Balaban J connectivity index is 0.00000408. The Labute approximate surface area is 418 Å². The molecule has 0 aliphatic carbocycles. The number of anilines is 1. The van der Waals surface area contributed by atoms with Gasteiger partial charge in [0.1, 0.15) is 33.5 Å². The summed E-state index contributed by atoms with van der Waals surface area (Å²) in [5.41, 5.74) is 5.24. The minimum absolute atomic E-state index is 0. The van der Waals surface area contributed by atoms with Crippen LogP contribution in [0.3, 0.4) is 0 Å². The molecule has 0 unspecified atom stereocenters. The number of fused-ring (bicyclic) bond motifs is 2. The van der Waals surface area contributed by atoms with Crippen LogP contribution in [0, 0.1) is 10.1 Å². The summed E-state index contributed by atoms with van der Waals surface area (Å²) in [6.07, 6.45) is 0. The zero-order valence-corrected chi connectivity index (χ0v) is 40.4. The topological polar surface area (TPSA) is 334 Å². The van der Waals surface area contributed by atoms with E-state index in [0.717, 1.165) is 18.2 Å². The minimum Gasteiger partial charge on any atom is -0.871 e. The van der Waals surface area contributed by atoms with Gasteiger partial charge in [0.2, 0.25) is 0 Å². The van der Waals surface area contributed by atoms with E-state index in [-0.39, 0.29) is 103 Å². The second-order valence-corrected chi connectivity index (χ2v) is 16.2. The number of carboxylic acid groups (broad SMARTS) is 1. The van der Waals surface area contributed by atoms with E-state index in [1.54, 1.807) is 48.5 Å². The molecule has 0 aromatic heterocycles. The number of nitrogen functional groups attached to an aromatic ring is 1. The number of aromatic carboxylic acids is 1. The van der Waals surface area contributed by atoms with Crippen molar-refractivity contribution in [2.45, 2.75) is 9.79 Å². The number of azo groups is 3. The number of carboxylic acids is 1. The quantitative estimate of drug-likeness (QED) is 0.0373. The van der Waals surface area contributed by atoms with Crippen LogP contribution in [0.5, 0.6) is 17.2 Å². The number of rotatable bonds is 13. The number of nitro groups is 1. The Kier molecular flexibility index (Phi) is 15.8. The van der Waals surface area contributed by atoms with Gasteiger partial charge < -0.3 is 30.2 Å². The van der Waals surface area contributed by atoms with Crippen LogP contribution < -0.4 is 84.5 Å². The molecule has 0 saturated heterocycles. The fraction of sp³-hybridized carbons (Fsp3) is 0.0488. The molecule has 66 heavy (non-hydrogen) atoms. The van der Waals surface area contributed by atoms with Gasteiger partial charge in [-0.2, -0.15) is 16.8 Å². The van der Waals surface area contributed by atoms with Gasteiger partial charge in [0, 0.05) is 28.5 Å². The number of nitro benzene ring substituents is 1. The van der Waals surface area contributed by atoms with E-state index in [4.69, 9.17) is 15.2 Å². The summed E-state index contributed by atoms with van der Waals surface area (Å²) < 4.78 is 79.4. The number of ether oxygens (including phenoxy) is 2. The van der Waals surface area contributed by atoms with E-state index in [9.17, 15) is 51.1 Å². The van der Waals surface area contributed by atoms with Gasteiger partial charge in [-0.15, -0.1) is 30.7 Å². The van der Waals surface area contributed by atoms with E-state index in [1.807, 2.05) is 0 Å². The molecule has 25 heteroatoms. The van der Waals surface area contributed by atoms with Crippen LogP contribution >= 0.6 is 0 Å². The standard InChI is InChI=1S/C41H30N8O13S2.2Na/c1-61-35-17-21(6-13-33(35)45-43-31-5-3-4-23-16-25(63(55,56)57)9-10-26(23)31)22-7-14-34(36(18-22)62-2)46-48-39-37(64(58,59)60)20-28-27(40(39)50)11-12-30(42)38(28)47-44-32-15-8-24(49(53)54)19-29(32)41(51)52;;/h3-20,50H,42H2,1-2H3,(H,51,52)(H,55,56,57)(H,58,59,60);;/q;2*+1/p-2. The number of non-ortho nitro benzene ring substituents is 1. The number of benzene rings is 7. The van der Waals surface area contributed by atoms with E-state index in [1.165, 1.54) is 50.6 Å². The molecule has 0 amide bonds. The maximum atomic E-state index is 13.8. The molecular weight excluding hydrogens is 923 g/mol. The molecule has 0 fully saturated rings. The van der Waals surface area contributed by atoms with Gasteiger partial charge in [0.15, 0.2) is 0 Å². The van der Waals surface area contributed by atoms with Gasteiger partial charge in [-0.25, -0.2) is 0 Å². The van der Waals surface area contributed by atoms with Crippen molar-refractivity contribution in [2.75, 3.05) is 20.0 Å². The number of hydrogen-bond donors (Lipinski definition) is 3. The van der Waals surface area contributed by atoms with Gasteiger partial charge >= 0.3 is 59.1 Å². The summed E-state index contributed by atoms with van der Waals surface area (Å²) in [6.45, 7) is 0. The van der Waals surface area contributed by atoms with E-state index in [0.29, 0.717) is 45.1 Å². The van der Waals surface area contributed by atoms with Gasteiger partial charge in [-0.05, 0) is 82.6 Å². The van der Waals surface area contributed by atoms with Crippen molar-refractivity contribution < 1.29 is 114 Å². The molecule has 0 radical (unpaired) electrons. The predicted molar refractivity (Wildman–Crippen MR) is 226 cm³/mol. The molecule has 4 N–H and O–H groups in total. The van der Waals surface area contributed by atoms with Crippen LogP contribution in [0.1, 0.15) is 10.4 Å². The van der Waals surface area contributed by atoms with Gasteiger partial charge in [0.25, 0.3) is 25.9 Å². The fourth-order valence-electron chi connectivity index (χ4n) is 6.39. The average molecular weight is 951 g/mol. The first-order valence-electron chi connectivity index (χ1n) is 18.0. The number of methoxy groups -OCH3 is 2. The van der Waals surface area contributed by atoms with Gasteiger partial charge in [-0.3, -0.25) is 19.2 Å². The van der Waals surface area contributed by atoms with Crippen molar-refractivity contribution in [1.29, 1.82) is 0 Å². The zero-order chi connectivity index (χ0) is 46.1. The minimum atomic E-state index is -5.19. The zero-order valence-electron chi connectivity index (χ0n) is 34.8. The van der Waals surface area contributed by atoms with E-state index in [2.05, 4.69) is 30.7 Å². The van der Waals surface area contributed by atoms with Crippen molar-refractivity contribution in [3.05, 3.63) is 125 Å². The molecule has 0 aliphatic heterocycles. The van der Waals surface area contributed by atoms with Crippen molar-refractivity contribution in [3.63, 3.8) is 0 Å². The Hall–Kier alpha value is -6.25. The Morgan fingerprint density at radius 3 is 1.77 bits per heavy atom. The van der Waals surface area contributed by atoms with E-state index >= 15 is 0 Å². The molecule has 7 aromatic carbocycles. The third kappa shape index (κ3) is 10.7. The number of hydrogen-bond acceptors (Lipinski definition) is 18. The fourth-order valence-corrected chi connectivity index (χ4v) is 7.55. The molecule has 0 aliphatic rings. The molecule has 7 aromatic rings. The smallest absolute Gasteiger partial charge is 0.871 e. The maximum Gasteiger partial charge on any atom is 1.00 e. The predicted octanol–water partition coefficient (Wildman–Crippen LogP) is 2.35. The molecule has 7 rings (SSSR count). The van der Waals surface area contributed by atoms with E-state index < -0.39 is 58.7 Å². The third-order valence-electron chi connectivity index (χ3n) is 9.51. The summed E-state index contributed by atoms with van der Waals surface area (Å²) >= 11 is 0. The first-order chi connectivity index (χ1) is 30.4. The summed E-state index contributed by atoms with van der Waals surface area (Å²) in [6, 6.07) is 24.8. The number of nitrogens with zero attached hydrogens (tertiary/aromatic N) is 7. The van der Waals surface area contributed by atoms with Crippen LogP contribution in [-0.4, -0.2) is 51.1 Å². The Bertz CT molecular complexity index is 3430. The van der Waals surface area contributed by atoms with Gasteiger partial charge in [0.05, 0.1) is 52.8 Å². The summed E-state index contributed by atoms with van der Waals surface area (Å²) in [5, 5.41) is 61.8. The van der Waals surface area contributed by atoms with Crippen molar-refractivity contribution in [1.82, 2.24) is 0 Å². The normalized spacial score (nSPS) is 11.8. The summed E-state index contributed by atoms with van der Waals surface area (Å²) in [5.74, 6) is -2.37. The van der Waals surface area contributed by atoms with Crippen LogP contribution in [0.4, 0.5) is 45.5 Å². The molecule has 0 atom stereocenters. The molecule has 0 heterocycles. The van der Waals surface area contributed by atoms with Crippen LogP contribution in [0.15, 0.2) is 150 Å². The maximum absolute atomic E-state index is 13.8. The summed E-state index contributed by atoms with van der Waals surface area (Å²) in [4.78, 5) is 20.8. The number of carbonyl (C=O) groups excluding carboxylic acids is 1. The van der Waals surface area contributed by atoms with Gasteiger partial charge in [-0.1, -0.05) is 42.1 Å². The first-order valence-corrected chi connectivity index (χ1v) is 20.9. The molecule has 324 valence electrons. The van der Waals surface area contributed by atoms with Crippen LogP contribution in [0.2, 0.25) is 0 Å². The first kappa shape index (κ1) is 50.7. The molecule has 0 spiro atoms. The van der Waals surface area contributed by atoms with Crippen molar-refractivity contribution >= 4 is 93.2 Å². The van der Waals surface area contributed by atoms with Crippen molar-refractivity contribution in [3.8, 4) is 28.4 Å². The molecule has 21 nitrogen and oxygen atoms in total. The SMILES string of the molecule is COc1cc(-c2ccc(N=Nc3cccc4cc(S(=O)(=O)O)ccc34)c(OC)c2)ccc1N=Nc1c(S(=O)(=O)O)cc2c(N=Nc3ccc([N+](=O)[O-])cc3C(=O)[O-])c(N)ccc2c1[O-].[Na+].[Na+]. The summed E-state index contributed by atoms with van der Waals surface area (Å²) in [7, 11) is -6.82. The largest absolute Gasteiger partial charge is 1.00 e. The number of carbonyl (C=O) groups is 1. The van der Waals surface area contributed by atoms with Crippen LogP contribution in [0.25, 0.3) is 32.7 Å². The average Bonchev–Trinajstić information content (AvgIpc) is 3.26. The molecular formula is C41H28N8Na2O13S2. The second kappa shape index (κ2) is 20.5. The Morgan fingerprint density at radius 2 is 1.20 bits per heavy atom. The number of nitrogens with two attached hydrogens (primary N) is 1. The Morgan fingerprint density at radius 1 is 0.636 bits per heavy atom. The third-order valence-corrected chi connectivity index (χ3v) is 11.2. The van der Waals surface area contributed by atoms with Crippen LogP contribution in [-0.2, 0) is 20.2 Å². The van der Waals surface area contributed by atoms with Crippen molar-refractivity contribution in [2.24, 2.45) is 30.7 Å².